The van der Waals surface area contributed by atoms with Crippen molar-refractivity contribution in [3.63, 3.8) is 0 Å². The maximum Gasteiger partial charge on any atom is 0.416 e. The van der Waals surface area contributed by atoms with Gasteiger partial charge in [0.1, 0.15) is 4.83 Å². The summed E-state index contributed by atoms with van der Waals surface area (Å²) in [5.74, 6) is -0.317. The zero-order valence-corrected chi connectivity index (χ0v) is 16.3. The second-order valence-electron chi connectivity index (χ2n) is 6.81. The zero-order valence-electron chi connectivity index (χ0n) is 15.5. The van der Waals surface area contributed by atoms with E-state index in [1.54, 1.807) is 29.3 Å². The van der Waals surface area contributed by atoms with Crippen LogP contribution in [0.3, 0.4) is 0 Å². The number of aromatic nitrogens is 3. The summed E-state index contributed by atoms with van der Waals surface area (Å²) >= 11 is 1.22. The van der Waals surface area contributed by atoms with Crippen LogP contribution >= 0.6 is 11.3 Å². The number of benzene rings is 1. The molecule has 0 fully saturated rings. The van der Waals surface area contributed by atoms with Gasteiger partial charge in [-0.15, -0.1) is 11.3 Å². The van der Waals surface area contributed by atoms with Crippen molar-refractivity contribution in [2.75, 3.05) is 6.54 Å². The summed E-state index contributed by atoms with van der Waals surface area (Å²) in [6.45, 7) is 1.70. The Kier molecular flexibility index (Phi) is 4.62. The Morgan fingerprint density at radius 3 is 2.59 bits per heavy atom. The van der Waals surface area contributed by atoms with Crippen molar-refractivity contribution in [3.8, 4) is 5.69 Å². The fourth-order valence-corrected chi connectivity index (χ4v) is 4.26. The number of nitrogens with one attached hydrogen (secondary N) is 1. The third-order valence-corrected chi connectivity index (χ3v) is 5.58. The first-order valence-corrected chi connectivity index (χ1v) is 9.58. The minimum atomic E-state index is -4.41. The van der Waals surface area contributed by atoms with Crippen molar-refractivity contribution < 1.29 is 23.1 Å². The number of alkyl halides is 3. The lowest BCUT2D eigenvalue weighted by molar-refractivity contribution is -0.137. The lowest BCUT2D eigenvalue weighted by atomic mass is 10.2. The highest BCUT2D eigenvalue weighted by atomic mass is 32.1. The second-order valence-corrected chi connectivity index (χ2v) is 7.84. The van der Waals surface area contributed by atoms with Gasteiger partial charge in [-0.1, -0.05) is 0 Å². The molecule has 152 valence electrons. The molecule has 6 nitrogen and oxygen atoms in total. The Bertz CT molecular complexity index is 1200. The third kappa shape index (κ3) is 3.49. The topological polar surface area (TPSA) is 72.1 Å². The number of fused-ring (bicyclic) bond motifs is 3. The third-order valence-electron chi connectivity index (χ3n) is 4.46. The van der Waals surface area contributed by atoms with Gasteiger partial charge in [0.05, 0.1) is 16.5 Å². The molecule has 0 saturated heterocycles. The summed E-state index contributed by atoms with van der Waals surface area (Å²) in [4.78, 5) is 13.6. The molecule has 1 amide bonds. The molecule has 0 unspecified atom stereocenters. The molecule has 3 aromatic heterocycles. The van der Waals surface area contributed by atoms with Gasteiger partial charge in [-0.25, -0.2) is 0 Å². The summed E-state index contributed by atoms with van der Waals surface area (Å²) in [6.07, 6.45) is -3.27. The average molecular weight is 422 g/mol. The van der Waals surface area contributed by atoms with E-state index in [9.17, 15) is 23.1 Å². The number of carbonyl (C=O) groups excluding carboxylic acids is 1. The number of aliphatic hydroxyl groups is 1. The quantitative estimate of drug-likeness (QED) is 0.527. The van der Waals surface area contributed by atoms with Crippen LogP contribution in [0.25, 0.3) is 26.9 Å². The Labute approximate surface area is 167 Å². The van der Waals surface area contributed by atoms with Crippen molar-refractivity contribution in [1.29, 1.82) is 0 Å². The molecule has 0 aliphatic carbocycles. The van der Waals surface area contributed by atoms with E-state index < -0.39 is 17.8 Å². The van der Waals surface area contributed by atoms with Crippen LogP contribution in [-0.4, -0.2) is 38.0 Å². The van der Waals surface area contributed by atoms with Gasteiger partial charge in [-0.3, -0.25) is 14.0 Å². The molecule has 1 aromatic carbocycles. The predicted octanol–water partition coefficient (Wildman–Crippen LogP) is 3.71. The first-order chi connectivity index (χ1) is 13.6. The molecule has 0 aliphatic heterocycles. The zero-order chi connectivity index (χ0) is 20.9. The van der Waals surface area contributed by atoms with Crippen molar-refractivity contribution >= 4 is 38.5 Å². The summed E-state index contributed by atoms with van der Waals surface area (Å²) in [7, 11) is 1.76. The van der Waals surface area contributed by atoms with E-state index in [0.29, 0.717) is 21.0 Å². The molecule has 3 heterocycles. The van der Waals surface area contributed by atoms with Gasteiger partial charge >= 0.3 is 6.18 Å². The van der Waals surface area contributed by atoms with Crippen LogP contribution in [0.15, 0.2) is 36.5 Å². The number of thiophene rings is 1. The molecular weight excluding hydrogens is 405 g/mol. The summed E-state index contributed by atoms with van der Waals surface area (Å²) in [6, 6.07) is 6.58. The number of carbonyl (C=O) groups is 1. The van der Waals surface area contributed by atoms with Gasteiger partial charge in [0.15, 0.2) is 5.65 Å². The molecule has 0 bridgehead atoms. The summed E-state index contributed by atoms with van der Waals surface area (Å²) in [5, 5.41) is 18.0. The van der Waals surface area contributed by atoms with E-state index in [1.165, 1.54) is 23.5 Å². The number of rotatable bonds is 4. The van der Waals surface area contributed by atoms with E-state index in [1.807, 2.05) is 6.20 Å². The number of hydrogen-bond donors (Lipinski definition) is 2. The fourth-order valence-electron chi connectivity index (χ4n) is 3.15. The monoisotopic (exact) mass is 422 g/mol. The van der Waals surface area contributed by atoms with Crippen molar-refractivity contribution in [2.24, 2.45) is 7.05 Å². The Morgan fingerprint density at radius 2 is 1.97 bits per heavy atom. The summed E-state index contributed by atoms with van der Waals surface area (Å²) in [5.41, 5.74) is 0.394. The van der Waals surface area contributed by atoms with Crippen molar-refractivity contribution in [2.45, 2.75) is 19.2 Å². The molecule has 29 heavy (non-hydrogen) atoms. The van der Waals surface area contributed by atoms with Crippen LogP contribution in [-0.2, 0) is 13.2 Å². The number of aryl methyl sites for hydroxylation is 1. The Hall–Kier alpha value is -2.85. The molecule has 1 atom stereocenters. The molecule has 0 radical (unpaired) electrons. The van der Waals surface area contributed by atoms with Crippen LogP contribution in [0, 0.1) is 0 Å². The van der Waals surface area contributed by atoms with Crippen LogP contribution in [0.5, 0.6) is 0 Å². The highest BCUT2D eigenvalue weighted by molar-refractivity contribution is 7.20. The van der Waals surface area contributed by atoms with Gasteiger partial charge in [0.2, 0.25) is 0 Å². The van der Waals surface area contributed by atoms with Crippen LogP contribution in [0.2, 0.25) is 0 Å². The molecule has 0 aliphatic rings. The van der Waals surface area contributed by atoms with Gasteiger partial charge < -0.3 is 10.4 Å². The van der Waals surface area contributed by atoms with Crippen LogP contribution in [0.1, 0.15) is 22.2 Å². The van der Waals surface area contributed by atoms with E-state index in [2.05, 4.69) is 10.4 Å². The maximum absolute atomic E-state index is 12.9. The lowest BCUT2D eigenvalue weighted by Crippen LogP contribution is -2.29. The number of amides is 1. The first-order valence-electron chi connectivity index (χ1n) is 8.76. The minimum absolute atomic E-state index is 0.127. The van der Waals surface area contributed by atoms with E-state index in [4.69, 9.17) is 0 Å². The molecule has 10 heteroatoms. The molecule has 4 aromatic rings. The molecule has 4 rings (SSSR count). The van der Waals surface area contributed by atoms with E-state index in [-0.39, 0.29) is 12.5 Å². The van der Waals surface area contributed by atoms with Gasteiger partial charge in [0, 0.05) is 36.2 Å². The standard InChI is InChI=1S/C19H17F3N4O2S/c1-10(27)8-23-17(28)15-7-13-14-9-25(2)24-16(14)26(18(13)29-15)12-5-3-11(4-6-12)19(20,21)22/h3-7,9-10,27H,8H2,1-2H3,(H,23,28)/t10-/m1/s1. The Balaban J connectivity index is 1.84. The second kappa shape index (κ2) is 6.89. The number of aliphatic hydroxyl groups excluding tert-OH is 1. The summed E-state index contributed by atoms with van der Waals surface area (Å²) < 4.78 is 42.1. The average Bonchev–Trinajstić information content (AvgIpc) is 3.29. The van der Waals surface area contributed by atoms with Gasteiger partial charge in [0.25, 0.3) is 5.91 Å². The van der Waals surface area contributed by atoms with Crippen LogP contribution in [0.4, 0.5) is 13.2 Å². The molecular formula is C19H17F3N4O2S. The fraction of sp³-hybridized carbons (Fsp3) is 0.263. The smallest absolute Gasteiger partial charge is 0.392 e. The van der Waals surface area contributed by atoms with Crippen molar-refractivity contribution in [1.82, 2.24) is 19.7 Å². The predicted molar refractivity (Wildman–Crippen MR) is 104 cm³/mol. The molecule has 0 spiro atoms. The van der Waals surface area contributed by atoms with Gasteiger partial charge in [-0.05, 0) is 37.3 Å². The number of halogens is 3. The SMILES string of the molecule is C[C@@H](O)CNC(=O)c1cc2c3cn(C)nc3n(-c3ccc(C(F)(F)F)cc3)c2s1. The molecule has 0 saturated carbocycles. The first kappa shape index (κ1) is 19.5. The lowest BCUT2D eigenvalue weighted by Gasteiger charge is -2.09. The highest BCUT2D eigenvalue weighted by Gasteiger charge is 2.30. The van der Waals surface area contributed by atoms with Crippen molar-refractivity contribution in [3.05, 3.63) is 47.0 Å². The number of hydrogen-bond acceptors (Lipinski definition) is 4. The maximum atomic E-state index is 12.9. The Morgan fingerprint density at radius 1 is 1.28 bits per heavy atom. The highest BCUT2D eigenvalue weighted by Crippen LogP contribution is 2.37. The van der Waals surface area contributed by atoms with E-state index in [0.717, 1.165) is 22.9 Å². The minimum Gasteiger partial charge on any atom is -0.392 e. The van der Waals surface area contributed by atoms with Gasteiger partial charge in [-0.2, -0.15) is 18.3 Å². The normalized spacial score (nSPS) is 13.3. The number of nitrogens with zero attached hydrogens (tertiary/aromatic N) is 3. The largest absolute Gasteiger partial charge is 0.416 e. The van der Waals surface area contributed by atoms with E-state index >= 15 is 0 Å². The van der Waals surface area contributed by atoms with Crippen LogP contribution < -0.4 is 5.32 Å². The molecule has 2 N–H and O–H groups in total.